The molecule has 0 aromatic carbocycles. The summed E-state index contributed by atoms with van der Waals surface area (Å²) in [5, 5.41) is -0.0237. The first-order valence-electron chi connectivity index (χ1n) is 5.37. The monoisotopic (exact) mass is 196 g/mol. The molecule has 4 fully saturated rings. The Hall–Kier alpha value is -0.0400. The van der Waals surface area contributed by atoms with E-state index in [0.29, 0.717) is 5.41 Å². The first-order chi connectivity index (χ1) is 6.17. The molecule has 4 rings (SSSR count). The lowest BCUT2D eigenvalue weighted by Gasteiger charge is -2.66. The van der Waals surface area contributed by atoms with Crippen LogP contribution in [-0.2, 0) is 4.79 Å². The summed E-state index contributed by atoms with van der Waals surface area (Å²) < 4.78 is 0. The maximum atomic E-state index is 11.5. The van der Waals surface area contributed by atoms with Gasteiger partial charge in [-0.2, -0.15) is 0 Å². The molecule has 0 aromatic heterocycles. The Morgan fingerprint density at radius 2 is 1.77 bits per heavy atom. The Morgan fingerprint density at radius 1 is 1.15 bits per heavy atom. The van der Waals surface area contributed by atoms with E-state index < -0.39 is 0 Å². The van der Waals surface area contributed by atoms with E-state index in [-0.39, 0.29) is 10.7 Å². The molecule has 0 aliphatic heterocycles. The number of hydrogen-bond acceptors (Lipinski definition) is 1. The summed E-state index contributed by atoms with van der Waals surface area (Å²) in [5.41, 5.74) is 0.590. The highest BCUT2D eigenvalue weighted by Crippen LogP contribution is 2.84. The van der Waals surface area contributed by atoms with Crippen LogP contribution in [0.25, 0.3) is 0 Å². The second-order valence-electron chi connectivity index (χ2n) is 5.81. The average molecular weight is 197 g/mol. The predicted molar refractivity (Wildman–Crippen MR) is 49.3 cm³/mol. The second kappa shape index (κ2) is 1.71. The summed E-state index contributed by atoms with van der Waals surface area (Å²) in [6.07, 6.45) is 6.22. The van der Waals surface area contributed by atoms with Gasteiger partial charge in [0.25, 0.3) is 0 Å². The molecule has 4 aliphatic rings. The van der Waals surface area contributed by atoms with Crippen LogP contribution in [0.3, 0.4) is 0 Å². The Balaban J connectivity index is 1.83. The number of hydrogen-bond donors (Lipinski definition) is 0. The highest BCUT2D eigenvalue weighted by atomic mass is 35.5. The Labute approximate surface area is 82.8 Å². The Kier molecular flexibility index (Phi) is 0.959. The van der Waals surface area contributed by atoms with Crippen molar-refractivity contribution in [2.75, 3.05) is 0 Å². The fourth-order valence-corrected chi connectivity index (χ4v) is 5.53. The molecule has 1 spiro atoms. The molecule has 2 unspecified atom stereocenters. The first kappa shape index (κ1) is 7.28. The van der Waals surface area contributed by atoms with E-state index in [4.69, 9.17) is 11.6 Å². The quantitative estimate of drug-likeness (QED) is 0.590. The molecule has 0 amide bonds. The molecule has 2 atom stereocenters. The van der Waals surface area contributed by atoms with Crippen molar-refractivity contribution < 1.29 is 4.79 Å². The zero-order valence-electron chi connectivity index (χ0n) is 7.55. The van der Waals surface area contributed by atoms with Crippen LogP contribution in [-0.4, -0.2) is 5.24 Å². The molecular weight excluding hydrogens is 184 g/mol. The van der Waals surface area contributed by atoms with Crippen LogP contribution in [0.15, 0.2) is 0 Å². The molecule has 2 bridgehead atoms. The number of halogens is 1. The van der Waals surface area contributed by atoms with Crippen molar-refractivity contribution in [3.8, 4) is 0 Å². The van der Waals surface area contributed by atoms with Crippen molar-refractivity contribution in [1.29, 1.82) is 0 Å². The molecule has 0 heterocycles. The van der Waals surface area contributed by atoms with Gasteiger partial charge in [-0.1, -0.05) is 0 Å². The van der Waals surface area contributed by atoms with Gasteiger partial charge in [0.2, 0.25) is 5.24 Å². The van der Waals surface area contributed by atoms with Crippen molar-refractivity contribution in [2.24, 2.45) is 28.6 Å². The molecule has 1 nitrogen and oxygen atoms in total. The van der Waals surface area contributed by atoms with Gasteiger partial charge in [0.15, 0.2) is 0 Å². The molecule has 0 radical (unpaired) electrons. The zero-order valence-corrected chi connectivity index (χ0v) is 8.31. The number of fused-ring (bicyclic) bond motifs is 1. The standard InChI is InChI=1S/C11H13ClO/c12-9(13)10-3-7-1-6-2-8(4-10)11(6,7)5-10/h6-8H,1-5H2. The lowest BCUT2D eigenvalue weighted by atomic mass is 9.38. The second-order valence-corrected chi connectivity index (χ2v) is 6.16. The third-order valence-corrected chi connectivity index (χ3v) is 6.16. The van der Waals surface area contributed by atoms with E-state index in [1.807, 2.05) is 0 Å². The summed E-state index contributed by atoms with van der Waals surface area (Å²) in [6, 6.07) is 0. The molecule has 4 saturated carbocycles. The fraction of sp³-hybridized carbons (Fsp3) is 0.909. The topological polar surface area (TPSA) is 17.1 Å². The van der Waals surface area contributed by atoms with E-state index in [1.54, 1.807) is 0 Å². The summed E-state index contributed by atoms with van der Waals surface area (Å²) in [6.45, 7) is 0. The normalized spacial score (nSPS) is 65.5. The Morgan fingerprint density at radius 3 is 2.15 bits per heavy atom. The maximum Gasteiger partial charge on any atom is 0.227 e. The van der Waals surface area contributed by atoms with Gasteiger partial charge in [0.05, 0.1) is 0 Å². The highest BCUT2D eigenvalue weighted by Gasteiger charge is 2.78. The van der Waals surface area contributed by atoms with E-state index >= 15 is 0 Å². The number of rotatable bonds is 1. The van der Waals surface area contributed by atoms with Gasteiger partial charge in [0.1, 0.15) is 0 Å². The van der Waals surface area contributed by atoms with E-state index in [0.717, 1.165) is 37.0 Å². The minimum Gasteiger partial charge on any atom is -0.281 e. The van der Waals surface area contributed by atoms with Crippen LogP contribution in [0.1, 0.15) is 32.1 Å². The van der Waals surface area contributed by atoms with E-state index in [2.05, 4.69) is 0 Å². The van der Waals surface area contributed by atoms with Gasteiger partial charge < -0.3 is 0 Å². The molecule has 0 saturated heterocycles. The van der Waals surface area contributed by atoms with Crippen LogP contribution in [0.5, 0.6) is 0 Å². The van der Waals surface area contributed by atoms with E-state index in [1.165, 1.54) is 12.8 Å². The van der Waals surface area contributed by atoms with Crippen molar-refractivity contribution in [3.05, 3.63) is 0 Å². The van der Waals surface area contributed by atoms with Gasteiger partial charge >= 0.3 is 0 Å². The molecule has 13 heavy (non-hydrogen) atoms. The van der Waals surface area contributed by atoms with Crippen molar-refractivity contribution in [1.82, 2.24) is 0 Å². The predicted octanol–water partition coefficient (Wildman–Crippen LogP) is 2.58. The van der Waals surface area contributed by atoms with Crippen molar-refractivity contribution in [2.45, 2.75) is 32.1 Å². The third-order valence-electron chi connectivity index (χ3n) is 5.75. The molecule has 70 valence electrons. The molecule has 0 N–H and O–H groups in total. The summed E-state index contributed by atoms with van der Waals surface area (Å²) in [7, 11) is 0. The molecule has 2 heteroatoms. The van der Waals surface area contributed by atoms with Crippen LogP contribution >= 0.6 is 11.6 Å². The first-order valence-corrected chi connectivity index (χ1v) is 5.75. The number of carbonyl (C=O) groups excluding carboxylic acids is 1. The van der Waals surface area contributed by atoms with Crippen LogP contribution in [0, 0.1) is 28.6 Å². The maximum absolute atomic E-state index is 11.5. The minimum atomic E-state index is -0.0534. The van der Waals surface area contributed by atoms with Gasteiger partial charge in [-0.25, -0.2) is 0 Å². The van der Waals surface area contributed by atoms with Gasteiger partial charge in [0, 0.05) is 5.41 Å². The van der Waals surface area contributed by atoms with Crippen molar-refractivity contribution >= 4 is 16.8 Å². The van der Waals surface area contributed by atoms with Crippen LogP contribution in [0.2, 0.25) is 0 Å². The lowest BCUT2D eigenvalue weighted by Crippen LogP contribution is -2.59. The SMILES string of the molecule is O=C(Cl)C12CC3CC4CC(C1)C43C2. The van der Waals surface area contributed by atoms with Crippen LogP contribution in [0.4, 0.5) is 0 Å². The third kappa shape index (κ3) is 0.516. The lowest BCUT2D eigenvalue weighted by molar-refractivity contribution is -0.177. The fourth-order valence-electron chi connectivity index (χ4n) is 5.31. The van der Waals surface area contributed by atoms with Gasteiger partial charge in [-0.3, -0.25) is 4.79 Å². The minimum absolute atomic E-state index is 0.0237. The van der Waals surface area contributed by atoms with Crippen molar-refractivity contribution in [3.63, 3.8) is 0 Å². The molecule has 0 aromatic rings. The summed E-state index contributed by atoms with van der Waals surface area (Å²) >= 11 is 5.77. The highest BCUT2D eigenvalue weighted by molar-refractivity contribution is 6.64. The zero-order chi connectivity index (χ0) is 8.84. The molecular formula is C11H13ClO. The summed E-state index contributed by atoms with van der Waals surface area (Å²) in [4.78, 5) is 11.5. The van der Waals surface area contributed by atoms with Crippen LogP contribution < -0.4 is 0 Å². The Bertz CT molecular complexity index is 306. The number of carbonyl (C=O) groups is 1. The average Bonchev–Trinajstić information content (AvgIpc) is 2.48. The van der Waals surface area contributed by atoms with E-state index in [9.17, 15) is 4.79 Å². The van der Waals surface area contributed by atoms with Gasteiger partial charge in [-0.05, 0) is 66.9 Å². The van der Waals surface area contributed by atoms with Gasteiger partial charge in [-0.15, -0.1) is 0 Å². The summed E-state index contributed by atoms with van der Waals surface area (Å²) in [5.74, 6) is 2.75. The molecule has 4 aliphatic carbocycles. The smallest absolute Gasteiger partial charge is 0.227 e. The largest absolute Gasteiger partial charge is 0.281 e.